The van der Waals surface area contributed by atoms with Crippen LogP contribution in [0.15, 0.2) is 30.4 Å². The highest BCUT2D eigenvalue weighted by molar-refractivity contribution is 6.33. The summed E-state index contributed by atoms with van der Waals surface area (Å²) in [5.74, 6) is 1.80. The summed E-state index contributed by atoms with van der Waals surface area (Å²) in [6.07, 6.45) is 7.23. The van der Waals surface area contributed by atoms with E-state index in [2.05, 4.69) is 17.5 Å². The molecule has 2 aliphatic carbocycles. The Kier molecular flexibility index (Phi) is 3.70. The number of hydrogen-bond donors (Lipinski definition) is 1. The molecule has 3 rings (SSSR count). The van der Waals surface area contributed by atoms with Gasteiger partial charge < -0.3 is 10.1 Å². The van der Waals surface area contributed by atoms with Gasteiger partial charge >= 0.3 is 5.97 Å². The van der Waals surface area contributed by atoms with E-state index >= 15 is 0 Å². The molecule has 3 atom stereocenters. The van der Waals surface area contributed by atoms with E-state index in [1.54, 1.807) is 18.2 Å². The number of esters is 1. The Morgan fingerprint density at radius 3 is 2.90 bits per heavy atom. The first-order chi connectivity index (χ1) is 9.67. The van der Waals surface area contributed by atoms with E-state index in [0.717, 1.165) is 18.2 Å². The Bertz CT molecular complexity index is 555. The first kappa shape index (κ1) is 13.5. The molecule has 0 aromatic heterocycles. The van der Waals surface area contributed by atoms with Crippen LogP contribution in [0, 0.1) is 17.8 Å². The summed E-state index contributed by atoms with van der Waals surface area (Å²) in [6.45, 7) is 0.899. The summed E-state index contributed by atoms with van der Waals surface area (Å²) >= 11 is 6.18. The second kappa shape index (κ2) is 5.49. The standard InChI is InChI=1S/C16H18ClNO2/c1-20-16(19)12-4-5-14(17)15(8-12)18-9-13-7-10-2-3-11(13)6-10/h2-5,8,10-11,13,18H,6-7,9H2,1H3. The van der Waals surface area contributed by atoms with E-state index in [1.165, 1.54) is 20.0 Å². The van der Waals surface area contributed by atoms with Crippen molar-refractivity contribution in [2.45, 2.75) is 12.8 Å². The number of hydrogen-bond acceptors (Lipinski definition) is 3. The van der Waals surface area contributed by atoms with Gasteiger partial charge in [0.15, 0.2) is 0 Å². The van der Waals surface area contributed by atoms with Gasteiger partial charge in [0.25, 0.3) is 0 Å². The first-order valence-corrected chi connectivity index (χ1v) is 7.35. The average molecular weight is 292 g/mol. The fourth-order valence-corrected chi connectivity index (χ4v) is 3.46. The minimum atomic E-state index is -0.340. The van der Waals surface area contributed by atoms with Crippen LogP contribution in [0.1, 0.15) is 23.2 Å². The molecule has 1 N–H and O–H groups in total. The lowest BCUT2D eigenvalue weighted by Gasteiger charge is -2.20. The third-order valence-corrected chi connectivity index (χ3v) is 4.69. The molecule has 2 aliphatic rings. The number of carbonyl (C=O) groups is 1. The summed E-state index contributed by atoms with van der Waals surface area (Å²) in [5, 5.41) is 4.02. The minimum Gasteiger partial charge on any atom is -0.465 e. The molecule has 20 heavy (non-hydrogen) atoms. The largest absolute Gasteiger partial charge is 0.465 e. The predicted octanol–water partition coefficient (Wildman–Crippen LogP) is 3.75. The first-order valence-electron chi connectivity index (χ1n) is 6.97. The van der Waals surface area contributed by atoms with Gasteiger partial charge in [0.1, 0.15) is 0 Å². The Hall–Kier alpha value is -1.48. The molecule has 1 aromatic carbocycles. The highest BCUT2D eigenvalue weighted by Crippen LogP contribution is 2.43. The zero-order valence-electron chi connectivity index (χ0n) is 11.4. The lowest BCUT2D eigenvalue weighted by molar-refractivity contribution is 0.0601. The Morgan fingerprint density at radius 1 is 1.40 bits per heavy atom. The van der Waals surface area contributed by atoms with Crippen molar-refractivity contribution >= 4 is 23.3 Å². The monoisotopic (exact) mass is 291 g/mol. The van der Waals surface area contributed by atoms with Gasteiger partial charge in [-0.25, -0.2) is 4.79 Å². The summed E-state index contributed by atoms with van der Waals surface area (Å²) in [5.41, 5.74) is 1.33. The van der Waals surface area contributed by atoms with E-state index in [-0.39, 0.29) is 5.97 Å². The Morgan fingerprint density at radius 2 is 2.25 bits per heavy atom. The van der Waals surface area contributed by atoms with E-state index in [0.29, 0.717) is 22.4 Å². The van der Waals surface area contributed by atoms with Gasteiger partial charge in [0.2, 0.25) is 0 Å². The smallest absolute Gasteiger partial charge is 0.337 e. The molecule has 0 aliphatic heterocycles. The molecule has 1 saturated carbocycles. The molecule has 1 fully saturated rings. The molecular formula is C16H18ClNO2. The SMILES string of the molecule is COC(=O)c1ccc(Cl)c(NCC2CC3C=CC2C3)c1. The van der Waals surface area contributed by atoms with Crippen LogP contribution in [-0.4, -0.2) is 19.6 Å². The molecule has 4 heteroatoms. The molecule has 1 aromatic rings. The quantitative estimate of drug-likeness (QED) is 0.678. The van der Waals surface area contributed by atoms with Crippen LogP contribution >= 0.6 is 11.6 Å². The number of halogens is 1. The van der Waals surface area contributed by atoms with Crippen molar-refractivity contribution in [2.75, 3.05) is 19.0 Å². The minimum absolute atomic E-state index is 0.340. The molecule has 0 spiro atoms. The van der Waals surface area contributed by atoms with E-state index < -0.39 is 0 Å². The van der Waals surface area contributed by atoms with Crippen molar-refractivity contribution < 1.29 is 9.53 Å². The molecule has 0 heterocycles. The number of allylic oxidation sites excluding steroid dienone is 2. The van der Waals surface area contributed by atoms with Crippen LogP contribution < -0.4 is 5.32 Å². The maximum atomic E-state index is 11.5. The van der Waals surface area contributed by atoms with Crippen molar-refractivity contribution in [1.82, 2.24) is 0 Å². The number of carbonyl (C=O) groups excluding carboxylic acids is 1. The molecule has 0 radical (unpaired) electrons. The van der Waals surface area contributed by atoms with Gasteiger partial charge in [-0.15, -0.1) is 0 Å². The number of ether oxygens (including phenoxy) is 1. The van der Waals surface area contributed by atoms with E-state index in [1.807, 2.05) is 0 Å². The van der Waals surface area contributed by atoms with Gasteiger partial charge in [-0.05, 0) is 48.8 Å². The highest BCUT2D eigenvalue weighted by atomic mass is 35.5. The third-order valence-electron chi connectivity index (χ3n) is 4.36. The molecule has 0 saturated heterocycles. The summed E-state index contributed by atoms with van der Waals surface area (Å²) in [4.78, 5) is 11.5. The van der Waals surface area contributed by atoms with Crippen molar-refractivity contribution in [3.63, 3.8) is 0 Å². The van der Waals surface area contributed by atoms with Crippen molar-refractivity contribution in [3.8, 4) is 0 Å². The second-order valence-corrected chi connectivity index (χ2v) is 6.01. The number of nitrogens with one attached hydrogen (secondary N) is 1. The molecule has 3 nitrogen and oxygen atoms in total. The summed E-state index contributed by atoms with van der Waals surface area (Å²) in [7, 11) is 1.38. The van der Waals surface area contributed by atoms with Crippen LogP contribution in [0.25, 0.3) is 0 Å². The number of benzene rings is 1. The molecule has 3 unspecified atom stereocenters. The van der Waals surface area contributed by atoms with Gasteiger partial charge in [-0.3, -0.25) is 0 Å². The molecular weight excluding hydrogens is 274 g/mol. The van der Waals surface area contributed by atoms with Crippen LogP contribution in [0.4, 0.5) is 5.69 Å². The lowest BCUT2D eigenvalue weighted by Crippen LogP contribution is -2.18. The van der Waals surface area contributed by atoms with Crippen molar-refractivity contribution in [3.05, 3.63) is 40.9 Å². The maximum absolute atomic E-state index is 11.5. The van der Waals surface area contributed by atoms with Gasteiger partial charge in [0, 0.05) is 6.54 Å². The van der Waals surface area contributed by atoms with Gasteiger partial charge in [-0.2, -0.15) is 0 Å². The maximum Gasteiger partial charge on any atom is 0.337 e. The normalized spacial score (nSPS) is 26.8. The van der Waals surface area contributed by atoms with Crippen molar-refractivity contribution in [1.29, 1.82) is 0 Å². The number of fused-ring (bicyclic) bond motifs is 2. The molecule has 0 amide bonds. The van der Waals surface area contributed by atoms with Crippen LogP contribution in [-0.2, 0) is 4.74 Å². The van der Waals surface area contributed by atoms with Gasteiger partial charge in [-0.1, -0.05) is 23.8 Å². The van der Waals surface area contributed by atoms with Crippen molar-refractivity contribution in [2.24, 2.45) is 17.8 Å². The Balaban J connectivity index is 1.67. The zero-order valence-corrected chi connectivity index (χ0v) is 12.2. The zero-order chi connectivity index (χ0) is 14.1. The Labute approximate surface area is 124 Å². The lowest BCUT2D eigenvalue weighted by atomic mass is 9.93. The highest BCUT2D eigenvalue weighted by Gasteiger charge is 2.35. The van der Waals surface area contributed by atoms with E-state index in [9.17, 15) is 4.79 Å². The summed E-state index contributed by atoms with van der Waals surface area (Å²) in [6, 6.07) is 5.17. The van der Waals surface area contributed by atoms with Gasteiger partial charge in [0.05, 0.1) is 23.4 Å². The molecule has 106 valence electrons. The molecule has 2 bridgehead atoms. The topological polar surface area (TPSA) is 38.3 Å². The number of anilines is 1. The third kappa shape index (κ3) is 2.55. The van der Waals surface area contributed by atoms with Crippen LogP contribution in [0.5, 0.6) is 0 Å². The van der Waals surface area contributed by atoms with E-state index in [4.69, 9.17) is 16.3 Å². The van der Waals surface area contributed by atoms with Crippen LogP contribution in [0.3, 0.4) is 0 Å². The number of methoxy groups -OCH3 is 1. The summed E-state index contributed by atoms with van der Waals surface area (Å²) < 4.78 is 4.73. The van der Waals surface area contributed by atoms with Crippen LogP contribution in [0.2, 0.25) is 5.02 Å². The number of rotatable bonds is 4. The average Bonchev–Trinajstić information content (AvgIpc) is 3.08. The second-order valence-electron chi connectivity index (χ2n) is 5.61. The predicted molar refractivity (Wildman–Crippen MR) is 80.1 cm³/mol. The fraction of sp³-hybridized carbons (Fsp3) is 0.438. The fourth-order valence-electron chi connectivity index (χ4n) is 3.28.